The fourth-order valence-electron chi connectivity index (χ4n) is 2.05. The monoisotopic (exact) mass is 200 g/mol. The zero-order valence-electron chi connectivity index (χ0n) is 8.51. The average Bonchev–Trinajstić information content (AvgIpc) is 2.29. The molecule has 15 heavy (non-hydrogen) atoms. The summed E-state index contributed by atoms with van der Waals surface area (Å²) in [5.74, 6) is 0. The fraction of sp³-hybridized carbons (Fsp3) is 0.231. The van der Waals surface area contributed by atoms with Gasteiger partial charge in [0.2, 0.25) is 0 Å². The highest BCUT2D eigenvalue weighted by atomic mass is 17.2. The Morgan fingerprint density at radius 3 is 2.93 bits per heavy atom. The lowest BCUT2D eigenvalue weighted by molar-refractivity contribution is -0.323. The maximum Gasteiger partial charge on any atom is 0.137 e. The molecule has 1 aromatic rings. The molecule has 3 rings (SSSR count). The topological polar surface area (TPSA) is 18.5 Å². The highest BCUT2D eigenvalue weighted by Crippen LogP contribution is 2.33. The normalized spacial score (nSPS) is 27.9. The minimum absolute atomic E-state index is 0.0239. The van der Waals surface area contributed by atoms with Gasteiger partial charge in [-0.05, 0) is 35.8 Å². The summed E-state index contributed by atoms with van der Waals surface area (Å²) in [5.41, 5.74) is 3.71. The van der Waals surface area contributed by atoms with E-state index in [9.17, 15) is 0 Å². The summed E-state index contributed by atoms with van der Waals surface area (Å²) in [6, 6.07) is 8.34. The molecule has 1 aliphatic heterocycles. The van der Waals surface area contributed by atoms with Gasteiger partial charge in [0.1, 0.15) is 12.2 Å². The molecular weight excluding hydrogens is 188 g/mol. The van der Waals surface area contributed by atoms with Crippen LogP contribution < -0.4 is 0 Å². The Morgan fingerprint density at radius 1 is 1.13 bits per heavy atom. The molecule has 1 aliphatic carbocycles. The highest BCUT2D eigenvalue weighted by Gasteiger charge is 2.25. The summed E-state index contributed by atoms with van der Waals surface area (Å²) in [7, 11) is 0. The Morgan fingerprint density at radius 2 is 2.00 bits per heavy atom. The molecule has 0 spiro atoms. The molecule has 1 aromatic carbocycles. The number of hydrogen-bond acceptors (Lipinski definition) is 2. The largest absolute Gasteiger partial charge is 0.229 e. The van der Waals surface area contributed by atoms with Gasteiger partial charge in [-0.15, -0.1) is 0 Å². The van der Waals surface area contributed by atoms with E-state index in [0.29, 0.717) is 0 Å². The third kappa shape index (κ3) is 1.42. The summed E-state index contributed by atoms with van der Waals surface area (Å²) in [4.78, 5) is 10.4. The van der Waals surface area contributed by atoms with Crippen LogP contribution in [0.25, 0.3) is 11.6 Å². The minimum atomic E-state index is -0.0453. The molecular formula is C13H12O2. The first-order valence-corrected chi connectivity index (χ1v) is 5.16. The number of benzene rings is 1. The van der Waals surface area contributed by atoms with E-state index in [0.717, 1.165) is 0 Å². The van der Waals surface area contributed by atoms with Crippen molar-refractivity contribution in [1.29, 1.82) is 0 Å². The summed E-state index contributed by atoms with van der Waals surface area (Å²) in [6.07, 6.45) is 6.21. The predicted octanol–water partition coefficient (Wildman–Crippen LogP) is 2.82. The molecule has 0 N–H and O–H groups in total. The number of hydrogen-bond donors (Lipinski definition) is 0. The smallest absolute Gasteiger partial charge is 0.137 e. The summed E-state index contributed by atoms with van der Waals surface area (Å²) < 4.78 is 0. The van der Waals surface area contributed by atoms with Crippen molar-refractivity contribution in [2.75, 3.05) is 0 Å². The van der Waals surface area contributed by atoms with E-state index in [-0.39, 0.29) is 12.2 Å². The highest BCUT2D eigenvalue weighted by molar-refractivity contribution is 5.82. The number of fused-ring (bicyclic) bond motifs is 3. The minimum Gasteiger partial charge on any atom is -0.229 e. The Balaban J connectivity index is 2.15. The third-order valence-electron chi connectivity index (χ3n) is 2.75. The quantitative estimate of drug-likeness (QED) is 0.599. The Kier molecular flexibility index (Phi) is 1.97. The van der Waals surface area contributed by atoms with Crippen LogP contribution in [0.1, 0.15) is 18.1 Å². The van der Waals surface area contributed by atoms with E-state index < -0.39 is 0 Å². The van der Waals surface area contributed by atoms with Gasteiger partial charge in [0.25, 0.3) is 0 Å². The summed E-state index contributed by atoms with van der Waals surface area (Å²) in [6.45, 7) is 1.98. The van der Waals surface area contributed by atoms with Crippen molar-refractivity contribution in [3.63, 3.8) is 0 Å². The standard InChI is InChI=1S/C13H12O2/c1-9-8-12-11-5-3-2-4-10(11)6-7-13(12)15-14-9/h2-9,13H,1H3/t9-,13-/m0/s1. The van der Waals surface area contributed by atoms with Gasteiger partial charge in [-0.3, -0.25) is 0 Å². The van der Waals surface area contributed by atoms with Crippen LogP contribution in [0.4, 0.5) is 0 Å². The molecule has 2 atom stereocenters. The van der Waals surface area contributed by atoms with Crippen LogP contribution in [0, 0.1) is 0 Å². The lowest BCUT2D eigenvalue weighted by Gasteiger charge is -2.28. The van der Waals surface area contributed by atoms with Gasteiger partial charge in [0.05, 0.1) is 0 Å². The lowest BCUT2D eigenvalue weighted by Crippen LogP contribution is -2.24. The second-order valence-electron chi connectivity index (χ2n) is 3.89. The van der Waals surface area contributed by atoms with E-state index in [1.807, 2.05) is 19.1 Å². The average molecular weight is 200 g/mol. The van der Waals surface area contributed by atoms with Gasteiger partial charge in [-0.25, -0.2) is 9.78 Å². The third-order valence-corrected chi connectivity index (χ3v) is 2.75. The molecule has 0 radical (unpaired) electrons. The van der Waals surface area contributed by atoms with E-state index in [1.165, 1.54) is 16.7 Å². The van der Waals surface area contributed by atoms with Gasteiger partial charge >= 0.3 is 0 Å². The first-order chi connectivity index (χ1) is 7.34. The SMILES string of the molecule is C[C@H]1C=C2c3ccccc3C=C[C@@H]2OO1. The maximum absolute atomic E-state index is 5.30. The Labute approximate surface area is 88.8 Å². The molecule has 0 unspecified atom stereocenters. The van der Waals surface area contributed by atoms with Crippen LogP contribution in [0.3, 0.4) is 0 Å². The first kappa shape index (κ1) is 8.89. The Hall–Kier alpha value is -1.38. The second kappa shape index (κ2) is 3.33. The van der Waals surface area contributed by atoms with E-state index >= 15 is 0 Å². The van der Waals surface area contributed by atoms with Gasteiger partial charge in [0.15, 0.2) is 0 Å². The predicted molar refractivity (Wildman–Crippen MR) is 58.9 cm³/mol. The molecule has 0 saturated heterocycles. The van der Waals surface area contributed by atoms with Gasteiger partial charge in [0, 0.05) is 0 Å². The van der Waals surface area contributed by atoms with Crippen molar-refractivity contribution in [2.45, 2.75) is 19.1 Å². The van der Waals surface area contributed by atoms with Crippen LogP contribution >= 0.6 is 0 Å². The van der Waals surface area contributed by atoms with E-state index in [2.05, 4.69) is 30.4 Å². The van der Waals surface area contributed by atoms with Crippen molar-refractivity contribution in [3.05, 3.63) is 47.5 Å². The summed E-state index contributed by atoms with van der Waals surface area (Å²) in [5, 5.41) is 0. The summed E-state index contributed by atoms with van der Waals surface area (Å²) >= 11 is 0. The van der Waals surface area contributed by atoms with E-state index in [4.69, 9.17) is 9.78 Å². The molecule has 0 bridgehead atoms. The van der Waals surface area contributed by atoms with E-state index in [1.54, 1.807) is 0 Å². The molecule has 0 fully saturated rings. The zero-order valence-corrected chi connectivity index (χ0v) is 8.51. The Bertz CT molecular complexity index is 446. The van der Waals surface area contributed by atoms with Crippen molar-refractivity contribution < 1.29 is 9.78 Å². The molecule has 0 saturated carbocycles. The molecule has 2 aliphatic rings. The van der Waals surface area contributed by atoms with Gasteiger partial charge in [-0.1, -0.05) is 30.3 Å². The second-order valence-corrected chi connectivity index (χ2v) is 3.89. The molecule has 0 amide bonds. The fourth-order valence-corrected chi connectivity index (χ4v) is 2.05. The first-order valence-electron chi connectivity index (χ1n) is 5.16. The molecule has 2 heteroatoms. The number of rotatable bonds is 0. The van der Waals surface area contributed by atoms with Gasteiger partial charge < -0.3 is 0 Å². The molecule has 2 nitrogen and oxygen atoms in total. The molecule has 76 valence electrons. The van der Waals surface area contributed by atoms with Crippen molar-refractivity contribution in [2.24, 2.45) is 0 Å². The molecule has 1 heterocycles. The van der Waals surface area contributed by atoms with Crippen molar-refractivity contribution in [1.82, 2.24) is 0 Å². The molecule has 0 aromatic heterocycles. The van der Waals surface area contributed by atoms with Crippen LogP contribution in [-0.4, -0.2) is 12.2 Å². The van der Waals surface area contributed by atoms with Crippen molar-refractivity contribution in [3.8, 4) is 0 Å². The van der Waals surface area contributed by atoms with Gasteiger partial charge in [-0.2, -0.15) is 0 Å². The van der Waals surface area contributed by atoms with Crippen molar-refractivity contribution >= 4 is 11.6 Å². The zero-order chi connectivity index (χ0) is 10.3. The van der Waals surface area contributed by atoms with Crippen LogP contribution in [-0.2, 0) is 9.78 Å². The van der Waals surface area contributed by atoms with Crippen LogP contribution in [0.5, 0.6) is 0 Å². The lowest BCUT2D eigenvalue weighted by atomic mass is 9.89. The van der Waals surface area contributed by atoms with Crippen LogP contribution in [0.15, 0.2) is 36.4 Å². The maximum atomic E-state index is 5.30. The van der Waals surface area contributed by atoms with Crippen LogP contribution in [0.2, 0.25) is 0 Å².